The van der Waals surface area contributed by atoms with Crippen LogP contribution in [0.4, 0.5) is 0 Å². The molecule has 1 fully saturated rings. The zero-order valence-electron chi connectivity index (χ0n) is 12.2. The van der Waals surface area contributed by atoms with Gasteiger partial charge in [0.2, 0.25) is 0 Å². The molecule has 18 heavy (non-hydrogen) atoms. The van der Waals surface area contributed by atoms with Gasteiger partial charge in [-0.25, -0.2) is 0 Å². The Balaban J connectivity index is 2.03. The number of nitrogens with one attached hydrogen (secondary N) is 1. The van der Waals surface area contributed by atoms with Crippen molar-refractivity contribution in [3.8, 4) is 0 Å². The maximum Gasteiger partial charge on any atom is 0.0492 e. The van der Waals surface area contributed by atoms with Gasteiger partial charge in [0.25, 0.3) is 0 Å². The lowest BCUT2D eigenvalue weighted by Crippen LogP contribution is -2.39. The van der Waals surface area contributed by atoms with Crippen LogP contribution in [-0.4, -0.2) is 21.9 Å². The Labute approximate surface area is 111 Å². The molecule has 3 heteroatoms. The van der Waals surface area contributed by atoms with E-state index in [1.165, 1.54) is 25.0 Å². The molecule has 1 saturated carbocycles. The molecule has 3 nitrogen and oxygen atoms in total. The third kappa shape index (κ3) is 3.14. The molecule has 0 radical (unpaired) electrons. The highest BCUT2D eigenvalue weighted by Gasteiger charge is 2.31. The van der Waals surface area contributed by atoms with E-state index < -0.39 is 0 Å². The summed E-state index contributed by atoms with van der Waals surface area (Å²) in [7, 11) is 0. The normalized spacial score (nSPS) is 24.7. The minimum absolute atomic E-state index is 0.220. The van der Waals surface area contributed by atoms with Gasteiger partial charge in [0.1, 0.15) is 0 Å². The van der Waals surface area contributed by atoms with E-state index in [0.717, 1.165) is 19.0 Å². The third-order valence-corrected chi connectivity index (χ3v) is 3.98. The molecule has 2 atom stereocenters. The molecule has 0 bridgehead atoms. The molecule has 1 N–H and O–H groups in total. The predicted octanol–water partition coefficient (Wildman–Crippen LogP) is 3.17. The van der Waals surface area contributed by atoms with Crippen molar-refractivity contribution in [3.63, 3.8) is 0 Å². The van der Waals surface area contributed by atoms with Gasteiger partial charge in [0, 0.05) is 29.9 Å². The zero-order chi connectivity index (χ0) is 13.2. The molecule has 1 aromatic heterocycles. The van der Waals surface area contributed by atoms with Crippen molar-refractivity contribution < 1.29 is 0 Å². The van der Waals surface area contributed by atoms with Crippen molar-refractivity contribution in [1.82, 2.24) is 15.1 Å². The second-order valence-electron chi connectivity index (χ2n) is 6.50. The predicted molar refractivity (Wildman–Crippen MR) is 75.7 cm³/mol. The molecule has 1 aromatic rings. The van der Waals surface area contributed by atoms with E-state index in [1.54, 1.807) is 0 Å². The topological polar surface area (TPSA) is 29.9 Å². The van der Waals surface area contributed by atoms with Crippen molar-refractivity contribution in [1.29, 1.82) is 0 Å². The Bertz CT molecular complexity index is 375. The first-order valence-corrected chi connectivity index (χ1v) is 7.28. The quantitative estimate of drug-likeness (QED) is 0.888. The second kappa shape index (κ2) is 5.43. The van der Waals surface area contributed by atoms with Crippen LogP contribution < -0.4 is 5.32 Å². The molecule has 0 spiro atoms. The number of hydrogen-bond donors (Lipinski definition) is 1. The largest absolute Gasteiger partial charge is 0.312 e. The van der Waals surface area contributed by atoms with Gasteiger partial charge in [-0.1, -0.05) is 6.42 Å². The first kappa shape index (κ1) is 13.6. The second-order valence-corrected chi connectivity index (χ2v) is 6.50. The van der Waals surface area contributed by atoms with Gasteiger partial charge in [-0.3, -0.25) is 4.68 Å². The third-order valence-electron chi connectivity index (χ3n) is 3.98. The minimum atomic E-state index is 0.220. The van der Waals surface area contributed by atoms with Crippen LogP contribution in [-0.2, 0) is 6.54 Å². The molecule has 0 amide bonds. The van der Waals surface area contributed by atoms with E-state index in [-0.39, 0.29) is 5.54 Å². The summed E-state index contributed by atoms with van der Waals surface area (Å²) in [5.74, 6) is 1.47. The Morgan fingerprint density at radius 2 is 2.17 bits per heavy atom. The van der Waals surface area contributed by atoms with Gasteiger partial charge in [-0.05, 0) is 59.1 Å². The van der Waals surface area contributed by atoms with E-state index in [1.807, 2.05) is 6.20 Å². The molecule has 2 unspecified atom stereocenters. The SMILES string of the molecule is CCn1nccc1C1CCCC1CNC(C)(C)C. The summed E-state index contributed by atoms with van der Waals surface area (Å²) in [6, 6.07) is 2.21. The van der Waals surface area contributed by atoms with Crippen LogP contribution in [0.1, 0.15) is 58.6 Å². The monoisotopic (exact) mass is 249 g/mol. The number of hydrogen-bond acceptors (Lipinski definition) is 2. The van der Waals surface area contributed by atoms with E-state index in [4.69, 9.17) is 0 Å². The lowest BCUT2D eigenvalue weighted by molar-refractivity contribution is 0.349. The molecular weight excluding hydrogens is 222 g/mol. The molecule has 1 heterocycles. The smallest absolute Gasteiger partial charge is 0.0492 e. The highest BCUT2D eigenvalue weighted by atomic mass is 15.3. The van der Waals surface area contributed by atoms with Gasteiger partial charge < -0.3 is 5.32 Å². The van der Waals surface area contributed by atoms with Crippen LogP contribution >= 0.6 is 0 Å². The highest BCUT2D eigenvalue weighted by Crippen LogP contribution is 2.39. The zero-order valence-corrected chi connectivity index (χ0v) is 12.2. The summed E-state index contributed by atoms with van der Waals surface area (Å²) in [4.78, 5) is 0. The highest BCUT2D eigenvalue weighted by molar-refractivity contribution is 5.12. The van der Waals surface area contributed by atoms with Gasteiger partial charge in [0.15, 0.2) is 0 Å². The molecule has 1 aliphatic carbocycles. The molecule has 102 valence electrons. The Kier molecular flexibility index (Phi) is 4.10. The van der Waals surface area contributed by atoms with Gasteiger partial charge in [-0.2, -0.15) is 5.10 Å². The fraction of sp³-hybridized carbons (Fsp3) is 0.800. The molecular formula is C15H27N3. The summed E-state index contributed by atoms with van der Waals surface area (Å²) in [5, 5.41) is 8.08. The first-order chi connectivity index (χ1) is 8.51. The Morgan fingerprint density at radius 1 is 1.39 bits per heavy atom. The fourth-order valence-electron chi connectivity index (χ4n) is 3.03. The number of aryl methyl sites for hydroxylation is 1. The van der Waals surface area contributed by atoms with Crippen molar-refractivity contribution in [2.45, 2.75) is 65.0 Å². The summed E-state index contributed by atoms with van der Waals surface area (Å²) in [6.07, 6.45) is 5.98. The maximum atomic E-state index is 4.42. The van der Waals surface area contributed by atoms with Crippen LogP contribution in [0, 0.1) is 5.92 Å². The first-order valence-electron chi connectivity index (χ1n) is 7.28. The molecule has 0 aliphatic heterocycles. The van der Waals surface area contributed by atoms with Crippen LogP contribution in [0.2, 0.25) is 0 Å². The molecule has 1 aliphatic rings. The number of aromatic nitrogens is 2. The van der Waals surface area contributed by atoms with Gasteiger partial charge >= 0.3 is 0 Å². The Morgan fingerprint density at radius 3 is 2.83 bits per heavy atom. The van der Waals surface area contributed by atoms with Crippen molar-refractivity contribution in [3.05, 3.63) is 18.0 Å². The van der Waals surface area contributed by atoms with Crippen molar-refractivity contribution in [2.75, 3.05) is 6.54 Å². The van der Waals surface area contributed by atoms with E-state index in [9.17, 15) is 0 Å². The number of rotatable bonds is 4. The number of nitrogens with zero attached hydrogens (tertiary/aromatic N) is 2. The Hall–Kier alpha value is -0.830. The van der Waals surface area contributed by atoms with Crippen LogP contribution in [0.15, 0.2) is 12.3 Å². The van der Waals surface area contributed by atoms with Crippen LogP contribution in [0.3, 0.4) is 0 Å². The lowest BCUT2D eigenvalue weighted by Gasteiger charge is -2.26. The van der Waals surface area contributed by atoms with Crippen molar-refractivity contribution >= 4 is 0 Å². The van der Waals surface area contributed by atoms with E-state index in [2.05, 4.69) is 48.9 Å². The van der Waals surface area contributed by atoms with Gasteiger partial charge in [-0.15, -0.1) is 0 Å². The standard InChI is InChI=1S/C15H27N3/c1-5-18-14(9-10-17-18)13-8-6-7-12(13)11-16-15(2,3)4/h9-10,12-13,16H,5-8,11H2,1-4H3. The van der Waals surface area contributed by atoms with Gasteiger partial charge in [0.05, 0.1) is 0 Å². The minimum Gasteiger partial charge on any atom is -0.312 e. The van der Waals surface area contributed by atoms with E-state index in [0.29, 0.717) is 5.92 Å². The summed E-state index contributed by atoms with van der Waals surface area (Å²) in [5.41, 5.74) is 1.66. The van der Waals surface area contributed by atoms with E-state index >= 15 is 0 Å². The van der Waals surface area contributed by atoms with Crippen LogP contribution in [0.25, 0.3) is 0 Å². The summed E-state index contributed by atoms with van der Waals surface area (Å²) in [6.45, 7) is 11.0. The summed E-state index contributed by atoms with van der Waals surface area (Å²) >= 11 is 0. The molecule has 0 aromatic carbocycles. The average molecular weight is 249 g/mol. The molecule has 2 rings (SSSR count). The van der Waals surface area contributed by atoms with Crippen molar-refractivity contribution in [2.24, 2.45) is 5.92 Å². The average Bonchev–Trinajstić information content (AvgIpc) is 2.93. The van der Waals surface area contributed by atoms with Crippen LogP contribution in [0.5, 0.6) is 0 Å². The summed E-state index contributed by atoms with van der Waals surface area (Å²) < 4.78 is 2.17. The molecule has 0 saturated heterocycles. The lowest BCUT2D eigenvalue weighted by atomic mass is 9.92. The fourth-order valence-corrected chi connectivity index (χ4v) is 3.03. The maximum absolute atomic E-state index is 4.42.